The SMILES string of the molecule is Cc1ccc(N(CCC(=O)O)C(=O)OCc2ccccc2)nc1. The van der Waals surface area contributed by atoms with Gasteiger partial charge in [0.05, 0.1) is 6.42 Å². The minimum atomic E-state index is -0.988. The van der Waals surface area contributed by atoms with Crippen LogP contribution in [-0.4, -0.2) is 28.7 Å². The second-order valence-corrected chi connectivity index (χ2v) is 5.03. The molecule has 0 saturated heterocycles. The third-order valence-electron chi connectivity index (χ3n) is 3.15. The molecule has 0 saturated carbocycles. The summed E-state index contributed by atoms with van der Waals surface area (Å²) in [5.74, 6) is -0.618. The Hall–Kier alpha value is -2.89. The molecule has 23 heavy (non-hydrogen) atoms. The molecule has 1 amide bonds. The van der Waals surface area contributed by atoms with Crippen LogP contribution in [0.5, 0.6) is 0 Å². The minimum Gasteiger partial charge on any atom is -0.481 e. The van der Waals surface area contributed by atoms with Gasteiger partial charge in [0.25, 0.3) is 0 Å². The molecule has 6 nitrogen and oxygen atoms in total. The molecule has 1 N–H and O–H groups in total. The summed E-state index contributed by atoms with van der Waals surface area (Å²) < 4.78 is 5.26. The number of pyridine rings is 1. The van der Waals surface area contributed by atoms with Gasteiger partial charge in [-0.2, -0.15) is 0 Å². The molecule has 0 bridgehead atoms. The number of aromatic nitrogens is 1. The van der Waals surface area contributed by atoms with Gasteiger partial charge >= 0.3 is 12.1 Å². The van der Waals surface area contributed by atoms with E-state index in [0.717, 1.165) is 11.1 Å². The summed E-state index contributed by atoms with van der Waals surface area (Å²) in [7, 11) is 0. The Morgan fingerprint density at radius 2 is 1.91 bits per heavy atom. The number of ether oxygens (including phenoxy) is 1. The van der Waals surface area contributed by atoms with Crippen molar-refractivity contribution in [1.82, 2.24) is 4.98 Å². The molecular weight excluding hydrogens is 296 g/mol. The van der Waals surface area contributed by atoms with E-state index in [1.165, 1.54) is 4.90 Å². The molecule has 0 fully saturated rings. The number of rotatable bonds is 6. The lowest BCUT2D eigenvalue weighted by Crippen LogP contribution is -2.34. The summed E-state index contributed by atoms with van der Waals surface area (Å²) in [6.45, 7) is 2.00. The molecule has 120 valence electrons. The molecule has 2 rings (SSSR count). The number of aryl methyl sites for hydroxylation is 1. The first-order valence-corrected chi connectivity index (χ1v) is 7.19. The number of carbonyl (C=O) groups is 2. The van der Waals surface area contributed by atoms with Gasteiger partial charge in [-0.25, -0.2) is 9.78 Å². The Morgan fingerprint density at radius 1 is 1.17 bits per heavy atom. The van der Waals surface area contributed by atoms with E-state index in [-0.39, 0.29) is 19.6 Å². The van der Waals surface area contributed by atoms with E-state index in [2.05, 4.69) is 4.98 Å². The number of carboxylic acid groups (broad SMARTS) is 1. The highest BCUT2D eigenvalue weighted by atomic mass is 16.6. The average molecular weight is 314 g/mol. The first kappa shape index (κ1) is 16.5. The summed E-state index contributed by atoms with van der Waals surface area (Å²) >= 11 is 0. The predicted octanol–water partition coefficient (Wildman–Crippen LogP) is 3.01. The number of carboxylic acids is 1. The smallest absolute Gasteiger partial charge is 0.415 e. The van der Waals surface area contributed by atoms with Gasteiger partial charge in [-0.1, -0.05) is 36.4 Å². The Kier molecular flexibility index (Phi) is 5.68. The van der Waals surface area contributed by atoms with E-state index >= 15 is 0 Å². The summed E-state index contributed by atoms with van der Waals surface area (Å²) in [6, 6.07) is 12.8. The number of hydrogen-bond donors (Lipinski definition) is 1. The lowest BCUT2D eigenvalue weighted by molar-refractivity contribution is -0.136. The number of benzene rings is 1. The molecule has 2 aromatic rings. The fourth-order valence-electron chi connectivity index (χ4n) is 1.92. The van der Waals surface area contributed by atoms with Crippen LogP contribution in [-0.2, 0) is 16.1 Å². The zero-order chi connectivity index (χ0) is 16.7. The lowest BCUT2D eigenvalue weighted by atomic mass is 10.2. The van der Waals surface area contributed by atoms with Crippen LogP contribution in [0.25, 0.3) is 0 Å². The number of aliphatic carboxylic acids is 1. The van der Waals surface area contributed by atoms with Crippen molar-refractivity contribution >= 4 is 17.9 Å². The van der Waals surface area contributed by atoms with E-state index < -0.39 is 12.1 Å². The van der Waals surface area contributed by atoms with Crippen LogP contribution in [0, 0.1) is 6.92 Å². The molecule has 0 aliphatic heterocycles. The number of amides is 1. The second-order valence-electron chi connectivity index (χ2n) is 5.03. The standard InChI is InChI=1S/C17H18N2O4/c1-13-7-8-15(18-11-13)19(10-9-16(20)21)17(22)23-12-14-5-3-2-4-6-14/h2-8,11H,9-10,12H2,1H3,(H,20,21). The molecular formula is C17H18N2O4. The maximum absolute atomic E-state index is 12.3. The van der Waals surface area contributed by atoms with Crippen LogP contribution in [0.1, 0.15) is 17.5 Å². The largest absolute Gasteiger partial charge is 0.481 e. The fraction of sp³-hybridized carbons (Fsp3) is 0.235. The van der Waals surface area contributed by atoms with Crippen molar-refractivity contribution in [2.45, 2.75) is 20.0 Å². The summed E-state index contributed by atoms with van der Waals surface area (Å²) in [5, 5.41) is 8.84. The second kappa shape index (κ2) is 7.93. The molecule has 1 heterocycles. The van der Waals surface area contributed by atoms with Crippen LogP contribution in [0.15, 0.2) is 48.7 Å². The molecule has 0 radical (unpaired) electrons. The predicted molar refractivity (Wildman–Crippen MR) is 85.2 cm³/mol. The van der Waals surface area contributed by atoms with Crippen molar-refractivity contribution in [3.05, 3.63) is 59.8 Å². The van der Waals surface area contributed by atoms with Gasteiger partial charge in [-0.3, -0.25) is 9.69 Å². The van der Waals surface area contributed by atoms with E-state index in [4.69, 9.17) is 9.84 Å². The van der Waals surface area contributed by atoms with Gasteiger partial charge in [-0.15, -0.1) is 0 Å². The minimum absolute atomic E-state index is 0.000975. The Bertz CT molecular complexity index is 656. The molecule has 1 aromatic heterocycles. The monoisotopic (exact) mass is 314 g/mol. The van der Waals surface area contributed by atoms with E-state index in [0.29, 0.717) is 5.82 Å². The van der Waals surface area contributed by atoms with Crippen molar-refractivity contribution in [2.24, 2.45) is 0 Å². The number of nitrogens with zero attached hydrogens (tertiary/aromatic N) is 2. The Morgan fingerprint density at radius 3 is 2.52 bits per heavy atom. The van der Waals surface area contributed by atoms with Crippen LogP contribution in [0.4, 0.5) is 10.6 Å². The van der Waals surface area contributed by atoms with Gasteiger partial charge < -0.3 is 9.84 Å². The molecule has 0 atom stereocenters. The third kappa shape index (κ3) is 5.10. The van der Waals surface area contributed by atoms with Crippen molar-refractivity contribution in [2.75, 3.05) is 11.4 Å². The van der Waals surface area contributed by atoms with E-state index in [9.17, 15) is 9.59 Å². The van der Waals surface area contributed by atoms with Crippen molar-refractivity contribution < 1.29 is 19.4 Å². The van der Waals surface area contributed by atoms with Crippen LogP contribution in [0.2, 0.25) is 0 Å². The third-order valence-corrected chi connectivity index (χ3v) is 3.15. The highest BCUT2D eigenvalue weighted by molar-refractivity contribution is 5.87. The summed E-state index contributed by atoms with van der Waals surface area (Å²) in [4.78, 5) is 28.5. The van der Waals surface area contributed by atoms with Crippen LogP contribution >= 0.6 is 0 Å². The Balaban J connectivity index is 2.07. The van der Waals surface area contributed by atoms with Gasteiger partial charge in [0.2, 0.25) is 0 Å². The lowest BCUT2D eigenvalue weighted by Gasteiger charge is -2.20. The van der Waals surface area contributed by atoms with Gasteiger partial charge in [-0.05, 0) is 24.1 Å². The van der Waals surface area contributed by atoms with Gasteiger partial charge in [0, 0.05) is 12.7 Å². The molecule has 0 aliphatic carbocycles. The van der Waals surface area contributed by atoms with E-state index in [1.807, 2.05) is 37.3 Å². The maximum Gasteiger partial charge on any atom is 0.415 e. The molecule has 0 unspecified atom stereocenters. The van der Waals surface area contributed by atoms with E-state index in [1.54, 1.807) is 18.3 Å². The zero-order valence-electron chi connectivity index (χ0n) is 12.8. The molecule has 0 aliphatic rings. The molecule has 6 heteroatoms. The average Bonchev–Trinajstić information content (AvgIpc) is 2.55. The summed E-state index contributed by atoms with van der Waals surface area (Å²) in [5.41, 5.74) is 1.81. The Labute approximate surface area is 134 Å². The number of anilines is 1. The number of carbonyl (C=O) groups excluding carboxylic acids is 1. The van der Waals surface area contributed by atoms with Crippen molar-refractivity contribution in [3.8, 4) is 0 Å². The van der Waals surface area contributed by atoms with Crippen LogP contribution < -0.4 is 4.90 Å². The highest BCUT2D eigenvalue weighted by Gasteiger charge is 2.19. The van der Waals surface area contributed by atoms with Gasteiger partial charge in [0.1, 0.15) is 12.4 Å². The zero-order valence-corrected chi connectivity index (χ0v) is 12.8. The summed E-state index contributed by atoms with van der Waals surface area (Å²) in [6.07, 6.45) is 0.815. The van der Waals surface area contributed by atoms with Crippen molar-refractivity contribution in [3.63, 3.8) is 0 Å². The van der Waals surface area contributed by atoms with Crippen LogP contribution in [0.3, 0.4) is 0 Å². The number of hydrogen-bond acceptors (Lipinski definition) is 4. The fourth-order valence-corrected chi connectivity index (χ4v) is 1.92. The normalized spacial score (nSPS) is 10.1. The maximum atomic E-state index is 12.3. The quantitative estimate of drug-likeness (QED) is 0.886. The molecule has 1 aromatic carbocycles. The topological polar surface area (TPSA) is 79.7 Å². The first-order chi connectivity index (χ1) is 11.1. The van der Waals surface area contributed by atoms with Gasteiger partial charge in [0.15, 0.2) is 0 Å². The van der Waals surface area contributed by atoms with Crippen molar-refractivity contribution in [1.29, 1.82) is 0 Å². The first-order valence-electron chi connectivity index (χ1n) is 7.19. The highest BCUT2D eigenvalue weighted by Crippen LogP contribution is 2.14. The molecule has 0 spiro atoms.